The second-order valence-electron chi connectivity index (χ2n) is 3.61. The molecule has 15 heavy (non-hydrogen) atoms. The minimum Gasteiger partial charge on any atom is -0.313 e. The van der Waals surface area contributed by atoms with Crippen molar-refractivity contribution >= 4 is 11.8 Å². The van der Waals surface area contributed by atoms with Crippen LogP contribution in [0.15, 0.2) is 18.2 Å². The zero-order valence-corrected chi connectivity index (χ0v) is 10.2. The molecule has 0 atom stereocenters. The summed E-state index contributed by atoms with van der Waals surface area (Å²) in [6.45, 7) is 3.53. The fraction of sp³-hybridized carbons (Fsp3) is 0.500. The van der Waals surface area contributed by atoms with Crippen molar-refractivity contribution in [3.8, 4) is 0 Å². The Kier molecular flexibility index (Phi) is 5.73. The van der Waals surface area contributed by atoms with Gasteiger partial charge in [0.1, 0.15) is 5.82 Å². The minimum absolute atomic E-state index is 0.113. The summed E-state index contributed by atoms with van der Waals surface area (Å²) in [6.07, 6.45) is 3.27. The molecule has 1 N–H and O–H groups in total. The zero-order valence-electron chi connectivity index (χ0n) is 9.35. The predicted molar refractivity (Wildman–Crippen MR) is 65.8 cm³/mol. The summed E-state index contributed by atoms with van der Waals surface area (Å²) < 4.78 is 13.2. The van der Waals surface area contributed by atoms with Gasteiger partial charge in [-0.2, -0.15) is 11.8 Å². The molecule has 0 radical (unpaired) electrons. The van der Waals surface area contributed by atoms with Gasteiger partial charge in [-0.05, 0) is 49.1 Å². The van der Waals surface area contributed by atoms with E-state index in [1.807, 2.05) is 23.9 Å². The van der Waals surface area contributed by atoms with Gasteiger partial charge >= 0.3 is 0 Å². The van der Waals surface area contributed by atoms with E-state index in [9.17, 15) is 4.39 Å². The molecule has 0 unspecified atom stereocenters. The molecule has 0 fully saturated rings. The van der Waals surface area contributed by atoms with Gasteiger partial charge < -0.3 is 5.32 Å². The summed E-state index contributed by atoms with van der Waals surface area (Å²) in [5, 5.41) is 3.30. The number of hydrogen-bond donors (Lipinski definition) is 1. The Morgan fingerprint density at radius 2 is 2.20 bits per heavy atom. The van der Waals surface area contributed by atoms with Crippen molar-refractivity contribution in [1.29, 1.82) is 0 Å². The Labute approximate surface area is 95.5 Å². The van der Waals surface area contributed by atoms with Crippen LogP contribution in [0.1, 0.15) is 17.5 Å². The topological polar surface area (TPSA) is 12.0 Å². The van der Waals surface area contributed by atoms with Gasteiger partial charge in [0, 0.05) is 6.54 Å². The first-order chi connectivity index (χ1) is 7.24. The second kappa shape index (κ2) is 6.85. The number of rotatable bonds is 6. The lowest BCUT2D eigenvalue weighted by Gasteiger charge is -2.05. The summed E-state index contributed by atoms with van der Waals surface area (Å²) in [6, 6.07) is 5.41. The van der Waals surface area contributed by atoms with Crippen molar-refractivity contribution in [3.05, 3.63) is 35.1 Å². The molecule has 0 aromatic heterocycles. The molecule has 1 aromatic carbocycles. The number of nitrogens with one attached hydrogen (secondary N) is 1. The highest BCUT2D eigenvalue weighted by molar-refractivity contribution is 7.98. The summed E-state index contributed by atoms with van der Waals surface area (Å²) >= 11 is 1.85. The first-order valence-electron chi connectivity index (χ1n) is 5.18. The normalized spacial score (nSPS) is 10.6. The van der Waals surface area contributed by atoms with E-state index in [4.69, 9.17) is 0 Å². The van der Waals surface area contributed by atoms with Crippen LogP contribution in [0, 0.1) is 12.7 Å². The highest BCUT2D eigenvalue weighted by atomic mass is 32.2. The standard InChI is InChI=1S/C12H18FNS/c1-10-4-5-11(8-12(10)13)9-14-6-3-7-15-2/h4-5,8,14H,3,6-7,9H2,1-2H3. The average molecular weight is 227 g/mol. The molecule has 0 aliphatic carbocycles. The molecule has 0 amide bonds. The first kappa shape index (κ1) is 12.5. The van der Waals surface area contributed by atoms with Crippen LogP contribution in [0.25, 0.3) is 0 Å². The molecular formula is C12H18FNS. The number of thioether (sulfide) groups is 1. The maximum absolute atomic E-state index is 13.2. The highest BCUT2D eigenvalue weighted by Gasteiger charge is 1.98. The Morgan fingerprint density at radius 1 is 1.40 bits per heavy atom. The Balaban J connectivity index is 2.28. The lowest BCUT2D eigenvalue weighted by atomic mass is 10.1. The van der Waals surface area contributed by atoms with E-state index in [1.165, 1.54) is 5.75 Å². The van der Waals surface area contributed by atoms with Crippen molar-refractivity contribution in [2.75, 3.05) is 18.6 Å². The van der Waals surface area contributed by atoms with Gasteiger partial charge in [0.05, 0.1) is 0 Å². The second-order valence-corrected chi connectivity index (χ2v) is 4.59. The summed E-state index contributed by atoms with van der Waals surface area (Å²) in [5.74, 6) is 1.06. The van der Waals surface area contributed by atoms with E-state index in [2.05, 4.69) is 11.6 Å². The lowest BCUT2D eigenvalue weighted by molar-refractivity contribution is 0.611. The van der Waals surface area contributed by atoms with Crippen LogP contribution in [0.3, 0.4) is 0 Å². The number of hydrogen-bond acceptors (Lipinski definition) is 2. The van der Waals surface area contributed by atoms with E-state index < -0.39 is 0 Å². The third-order valence-electron chi connectivity index (χ3n) is 2.27. The SMILES string of the molecule is CSCCCNCc1ccc(C)c(F)c1. The van der Waals surface area contributed by atoms with Crippen molar-refractivity contribution in [3.63, 3.8) is 0 Å². The van der Waals surface area contributed by atoms with Gasteiger partial charge in [0.25, 0.3) is 0 Å². The van der Waals surface area contributed by atoms with Gasteiger partial charge in [-0.1, -0.05) is 12.1 Å². The molecule has 0 saturated carbocycles. The molecule has 84 valence electrons. The van der Waals surface area contributed by atoms with Crippen LogP contribution in [0.4, 0.5) is 4.39 Å². The minimum atomic E-state index is -0.113. The van der Waals surface area contributed by atoms with Gasteiger partial charge in [0.15, 0.2) is 0 Å². The van der Waals surface area contributed by atoms with Crippen LogP contribution in [0.2, 0.25) is 0 Å². The molecule has 0 heterocycles. The molecule has 3 heteroatoms. The van der Waals surface area contributed by atoms with Crippen LogP contribution < -0.4 is 5.32 Å². The maximum atomic E-state index is 13.2. The molecule has 1 nitrogen and oxygen atoms in total. The first-order valence-corrected chi connectivity index (χ1v) is 6.58. The van der Waals surface area contributed by atoms with Gasteiger partial charge in [-0.25, -0.2) is 4.39 Å². The number of halogens is 1. The van der Waals surface area contributed by atoms with Crippen molar-refractivity contribution < 1.29 is 4.39 Å². The third kappa shape index (κ3) is 4.67. The van der Waals surface area contributed by atoms with Crippen LogP contribution in [-0.4, -0.2) is 18.6 Å². The molecule has 1 aromatic rings. The summed E-state index contributed by atoms with van der Waals surface area (Å²) in [7, 11) is 0. The third-order valence-corrected chi connectivity index (χ3v) is 2.96. The Hall–Kier alpha value is -0.540. The van der Waals surface area contributed by atoms with Gasteiger partial charge in [-0.3, -0.25) is 0 Å². The molecule has 0 saturated heterocycles. The van der Waals surface area contributed by atoms with E-state index in [0.29, 0.717) is 5.56 Å². The molecule has 0 aliphatic rings. The largest absolute Gasteiger partial charge is 0.313 e. The Morgan fingerprint density at radius 3 is 2.87 bits per heavy atom. The smallest absolute Gasteiger partial charge is 0.126 e. The lowest BCUT2D eigenvalue weighted by Crippen LogP contribution is -2.15. The van der Waals surface area contributed by atoms with Crippen LogP contribution >= 0.6 is 11.8 Å². The van der Waals surface area contributed by atoms with E-state index in [0.717, 1.165) is 25.1 Å². The quantitative estimate of drug-likeness (QED) is 0.750. The van der Waals surface area contributed by atoms with Crippen LogP contribution in [-0.2, 0) is 6.54 Å². The predicted octanol–water partition coefficient (Wildman–Crippen LogP) is 2.98. The van der Waals surface area contributed by atoms with Crippen molar-refractivity contribution in [2.45, 2.75) is 19.9 Å². The molecule has 1 rings (SSSR count). The van der Waals surface area contributed by atoms with Gasteiger partial charge in [0.2, 0.25) is 0 Å². The van der Waals surface area contributed by atoms with Crippen LogP contribution in [0.5, 0.6) is 0 Å². The monoisotopic (exact) mass is 227 g/mol. The summed E-state index contributed by atoms with van der Waals surface area (Å²) in [4.78, 5) is 0. The number of benzene rings is 1. The van der Waals surface area contributed by atoms with Crippen molar-refractivity contribution in [1.82, 2.24) is 5.32 Å². The maximum Gasteiger partial charge on any atom is 0.126 e. The Bertz CT molecular complexity index is 302. The number of aryl methyl sites for hydroxylation is 1. The van der Waals surface area contributed by atoms with E-state index in [-0.39, 0.29) is 5.82 Å². The molecule has 0 aliphatic heterocycles. The molecular weight excluding hydrogens is 209 g/mol. The average Bonchev–Trinajstić information content (AvgIpc) is 2.23. The molecule has 0 spiro atoms. The molecule has 0 bridgehead atoms. The van der Waals surface area contributed by atoms with Crippen molar-refractivity contribution in [2.24, 2.45) is 0 Å². The summed E-state index contributed by atoms with van der Waals surface area (Å²) in [5.41, 5.74) is 1.73. The van der Waals surface area contributed by atoms with E-state index >= 15 is 0 Å². The van der Waals surface area contributed by atoms with Gasteiger partial charge in [-0.15, -0.1) is 0 Å². The van der Waals surface area contributed by atoms with E-state index in [1.54, 1.807) is 13.0 Å². The zero-order chi connectivity index (χ0) is 11.1. The highest BCUT2D eigenvalue weighted by Crippen LogP contribution is 2.08. The fourth-order valence-electron chi connectivity index (χ4n) is 1.32. The fourth-order valence-corrected chi connectivity index (χ4v) is 1.75.